The summed E-state index contributed by atoms with van der Waals surface area (Å²) >= 11 is 0. The molecule has 0 spiro atoms. The van der Waals surface area contributed by atoms with Gasteiger partial charge in [-0.25, -0.2) is 8.78 Å². The SMILES string of the molecule is CC(C)C(C)(CNC(C)(C)C)Cc1c(F)cccc1F. The average Bonchev–Trinajstić information content (AvgIpc) is 2.30. The Hall–Kier alpha value is -0.960. The summed E-state index contributed by atoms with van der Waals surface area (Å²) in [7, 11) is 0. The third kappa shape index (κ3) is 4.55. The highest BCUT2D eigenvalue weighted by molar-refractivity contribution is 5.21. The Balaban J connectivity index is 2.97. The van der Waals surface area contributed by atoms with E-state index in [1.54, 1.807) is 0 Å². The molecule has 0 fully saturated rings. The van der Waals surface area contributed by atoms with E-state index in [4.69, 9.17) is 0 Å². The predicted molar refractivity (Wildman–Crippen MR) is 80.8 cm³/mol. The molecule has 0 aliphatic rings. The van der Waals surface area contributed by atoms with Crippen LogP contribution in [0.5, 0.6) is 0 Å². The van der Waals surface area contributed by atoms with Gasteiger partial charge in [0, 0.05) is 17.6 Å². The van der Waals surface area contributed by atoms with Crippen LogP contribution in [0.1, 0.15) is 47.1 Å². The van der Waals surface area contributed by atoms with Crippen molar-refractivity contribution in [2.24, 2.45) is 11.3 Å². The summed E-state index contributed by atoms with van der Waals surface area (Å²) < 4.78 is 27.7. The van der Waals surface area contributed by atoms with Crippen molar-refractivity contribution in [1.29, 1.82) is 0 Å². The lowest BCUT2D eigenvalue weighted by Gasteiger charge is -2.37. The summed E-state index contributed by atoms with van der Waals surface area (Å²) in [5.41, 5.74) is -0.0142. The van der Waals surface area contributed by atoms with Gasteiger partial charge in [-0.2, -0.15) is 0 Å². The van der Waals surface area contributed by atoms with E-state index in [9.17, 15) is 8.78 Å². The standard InChI is InChI=1S/C17H27F2N/c1-12(2)17(6,11-20-16(3,4)5)10-13-14(18)8-7-9-15(13)19/h7-9,12,20H,10-11H2,1-6H3. The van der Waals surface area contributed by atoms with Gasteiger partial charge in [0.25, 0.3) is 0 Å². The zero-order valence-electron chi connectivity index (χ0n) is 13.5. The van der Waals surface area contributed by atoms with Crippen LogP contribution in [-0.2, 0) is 6.42 Å². The highest BCUT2D eigenvalue weighted by atomic mass is 19.1. The molecule has 0 saturated carbocycles. The Bertz CT molecular complexity index is 429. The van der Waals surface area contributed by atoms with Gasteiger partial charge in [-0.3, -0.25) is 0 Å². The molecule has 1 rings (SSSR count). The smallest absolute Gasteiger partial charge is 0.129 e. The van der Waals surface area contributed by atoms with Gasteiger partial charge in [0.1, 0.15) is 11.6 Å². The third-order valence-electron chi connectivity index (χ3n) is 4.06. The molecule has 0 aromatic heterocycles. The summed E-state index contributed by atoms with van der Waals surface area (Å²) in [6.45, 7) is 13.3. The van der Waals surface area contributed by atoms with E-state index in [0.29, 0.717) is 12.3 Å². The number of hydrogen-bond donors (Lipinski definition) is 1. The lowest BCUT2D eigenvalue weighted by molar-refractivity contribution is 0.184. The number of nitrogens with one attached hydrogen (secondary N) is 1. The first-order valence-corrected chi connectivity index (χ1v) is 7.23. The molecule has 0 aliphatic carbocycles. The summed E-state index contributed by atoms with van der Waals surface area (Å²) in [5.74, 6) is -0.586. The molecule has 0 aliphatic heterocycles. The maximum atomic E-state index is 13.9. The molecular weight excluding hydrogens is 256 g/mol. The van der Waals surface area contributed by atoms with Gasteiger partial charge in [0.05, 0.1) is 0 Å². The highest BCUT2D eigenvalue weighted by Crippen LogP contribution is 2.33. The molecule has 1 nitrogen and oxygen atoms in total. The van der Waals surface area contributed by atoms with Crippen LogP contribution in [-0.4, -0.2) is 12.1 Å². The molecule has 1 aromatic carbocycles. The second kappa shape index (κ2) is 6.21. The molecule has 1 N–H and O–H groups in total. The van der Waals surface area contributed by atoms with Crippen LogP contribution in [0, 0.1) is 23.0 Å². The van der Waals surface area contributed by atoms with Gasteiger partial charge in [0.15, 0.2) is 0 Å². The predicted octanol–water partition coefficient (Wildman–Crippen LogP) is 4.56. The molecule has 3 heteroatoms. The Labute approximate surface area is 121 Å². The first-order valence-electron chi connectivity index (χ1n) is 7.23. The van der Waals surface area contributed by atoms with Crippen LogP contribution < -0.4 is 5.32 Å². The van der Waals surface area contributed by atoms with Crippen LogP contribution in [0.4, 0.5) is 8.78 Å². The first kappa shape index (κ1) is 17.1. The van der Waals surface area contributed by atoms with E-state index in [-0.39, 0.29) is 16.5 Å². The fraction of sp³-hybridized carbons (Fsp3) is 0.647. The Kier molecular flexibility index (Phi) is 5.31. The van der Waals surface area contributed by atoms with E-state index >= 15 is 0 Å². The van der Waals surface area contributed by atoms with Gasteiger partial charge < -0.3 is 5.32 Å². The topological polar surface area (TPSA) is 12.0 Å². The number of halogens is 2. The molecule has 0 radical (unpaired) electrons. The van der Waals surface area contributed by atoms with Crippen molar-refractivity contribution in [1.82, 2.24) is 5.32 Å². The first-order chi connectivity index (χ1) is 9.05. The second-order valence-corrected chi connectivity index (χ2v) is 7.29. The average molecular weight is 283 g/mol. The van der Waals surface area contributed by atoms with Crippen molar-refractivity contribution >= 4 is 0 Å². The van der Waals surface area contributed by atoms with Gasteiger partial charge in [-0.1, -0.05) is 26.8 Å². The van der Waals surface area contributed by atoms with Crippen molar-refractivity contribution in [2.45, 2.75) is 53.5 Å². The molecule has 114 valence electrons. The fourth-order valence-corrected chi connectivity index (χ4v) is 2.04. The minimum absolute atomic E-state index is 0.00999. The summed E-state index contributed by atoms with van der Waals surface area (Å²) in [6, 6.07) is 4.07. The van der Waals surface area contributed by atoms with Gasteiger partial charge in [0.2, 0.25) is 0 Å². The van der Waals surface area contributed by atoms with Crippen LogP contribution in [0.15, 0.2) is 18.2 Å². The van der Waals surface area contributed by atoms with Crippen LogP contribution in [0.25, 0.3) is 0 Å². The maximum Gasteiger partial charge on any atom is 0.129 e. The number of benzene rings is 1. The zero-order valence-corrected chi connectivity index (χ0v) is 13.5. The van der Waals surface area contributed by atoms with E-state index in [1.807, 2.05) is 0 Å². The lowest BCUT2D eigenvalue weighted by atomic mass is 9.73. The minimum atomic E-state index is -0.451. The zero-order chi connectivity index (χ0) is 15.6. The highest BCUT2D eigenvalue weighted by Gasteiger charge is 2.32. The second-order valence-electron chi connectivity index (χ2n) is 7.29. The monoisotopic (exact) mass is 283 g/mol. The van der Waals surface area contributed by atoms with Crippen molar-refractivity contribution in [3.05, 3.63) is 35.4 Å². The molecule has 0 saturated heterocycles. The van der Waals surface area contributed by atoms with Crippen molar-refractivity contribution < 1.29 is 8.78 Å². The summed E-state index contributed by atoms with van der Waals surface area (Å²) in [4.78, 5) is 0. The van der Waals surface area contributed by atoms with E-state index in [2.05, 4.69) is 46.9 Å². The van der Waals surface area contributed by atoms with Crippen molar-refractivity contribution in [3.8, 4) is 0 Å². The van der Waals surface area contributed by atoms with E-state index in [1.165, 1.54) is 18.2 Å². The molecule has 1 unspecified atom stereocenters. The van der Waals surface area contributed by atoms with E-state index in [0.717, 1.165) is 6.54 Å². The van der Waals surface area contributed by atoms with Gasteiger partial charge >= 0.3 is 0 Å². The lowest BCUT2D eigenvalue weighted by Crippen LogP contribution is -2.46. The minimum Gasteiger partial charge on any atom is -0.312 e. The molecule has 1 atom stereocenters. The van der Waals surface area contributed by atoms with Gasteiger partial charge in [-0.05, 0) is 50.7 Å². The third-order valence-corrected chi connectivity index (χ3v) is 4.06. The van der Waals surface area contributed by atoms with Crippen LogP contribution >= 0.6 is 0 Å². The maximum absolute atomic E-state index is 13.9. The van der Waals surface area contributed by atoms with Crippen LogP contribution in [0.3, 0.4) is 0 Å². The Morgan fingerprint density at radius 1 is 1.05 bits per heavy atom. The molecule has 0 amide bonds. The summed E-state index contributed by atoms with van der Waals surface area (Å²) in [5, 5.41) is 3.46. The molecule has 20 heavy (non-hydrogen) atoms. The Morgan fingerprint density at radius 2 is 1.55 bits per heavy atom. The van der Waals surface area contributed by atoms with E-state index < -0.39 is 11.6 Å². The fourth-order valence-electron chi connectivity index (χ4n) is 2.04. The Morgan fingerprint density at radius 3 is 1.95 bits per heavy atom. The molecule has 1 aromatic rings. The largest absolute Gasteiger partial charge is 0.312 e. The molecular formula is C17H27F2N. The van der Waals surface area contributed by atoms with Crippen LogP contribution in [0.2, 0.25) is 0 Å². The molecule has 0 bridgehead atoms. The number of hydrogen-bond acceptors (Lipinski definition) is 1. The normalized spacial score (nSPS) is 15.4. The number of rotatable bonds is 5. The van der Waals surface area contributed by atoms with Crippen molar-refractivity contribution in [3.63, 3.8) is 0 Å². The van der Waals surface area contributed by atoms with Crippen molar-refractivity contribution in [2.75, 3.05) is 6.54 Å². The molecule has 0 heterocycles. The summed E-state index contributed by atoms with van der Waals surface area (Å²) in [6.07, 6.45) is 0.395. The van der Waals surface area contributed by atoms with Gasteiger partial charge in [-0.15, -0.1) is 0 Å². The quantitative estimate of drug-likeness (QED) is 0.835.